The number of esters is 1. The van der Waals surface area contributed by atoms with E-state index in [0.717, 1.165) is 16.7 Å². The number of benzene rings is 1. The van der Waals surface area contributed by atoms with Crippen molar-refractivity contribution in [1.29, 1.82) is 0 Å². The number of rotatable bonds is 7. The van der Waals surface area contributed by atoms with Crippen LogP contribution in [-0.4, -0.2) is 26.2 Å². The Morgan fingerprint density at radius 1 is 1.50 bits per heavy atom. The molecule has 108 valence electrons. The van der Waals surface area contributed by atoms with Crippen LogP contribution in [0.1, 0.15) is 29.2 Å². The number of aryl methyl sites for hydroxylation is 1. The van der Waals surface area contributed by atoms with Gasteiger partial charge in [0.2, 0.25) is 0 Å². The van der Waals surface area contributed by atoms with Gasteiger partial charge >= 0.3 is 5.97 Å². The first-order valence-electron chi connectivity index (χ1n) is 6.50. The zero-order valence-electron chi connectivity index (χ0n) is 12.1. The van der Waals surface area contributed by atoms with E-state index in [9.17, 15) is 4.79 Å². The Kier molecular flexibility index (Phi) is 6.56. The summed E-state index contributed by atoms with van der Waals surface area (Å²) < 4.78 is 4.86. The molecule has 0 fully saturated rings. The van der Waals surface area contributed by atoms with Crippen LogP contribution in [0.15, 0.2) is 23.3 Å². The van der Waals surface area contributed by atoms with Crippen molar-refractivity contribution in [2.45, 2.75) is 26.3 Å². The fraction of sp³-hybridized carbons (Fsp3) is 0.500. The molecule has 1 rings (SSSR count). The van der Waals surface area contributed by atoms with Gasteiger partial charge in [-0.2, -0.15) is 0 Å². The summed E-state index contributed by atoms with van der Waals surface area (Å²) in [5.41, 5.74) is 11.3. The Morgan fingerprint density at radius 2 is 2.25 bits per heavy atom. The Hall–Kier alpha value is -2.04. The summed E-state index contributed by atoms with van der Waals surface area (Å²) in [6.07, 6.45) is 0.669. The molecule has 1 N–H and O–H groups in total. The van der Waals surface area contributed by atoms with E-state index in [1.54, 1.807) is 0 Å². The predicted molar refractivity (Wildman–Crippen MR) is 77.3 cm³/mol. The molecule has 6 nitrogen and oxygen atoms in total. The van der Waals surface area contributed by atoms with E-state index in [-0.39, 0.29) is 5.97 Å². The van der Waals surface area contributed by atoms with E-state index < -0.39 is 6.04 Å². The lowest BCUT2D eigenvalue weighted by molar-refractivity contribution is -0.143. The van der Waals surface area contributed by atoms with Gasteiger partial charge in [0.05, 0.1) is 7.11 Å². The molecule has 6 heteroatoms. The monoisotopic (exact) mass is 276 g/mol. The van der Waals surface area contributed by atoms with E-state index in [4.69, 9.17) is 10.3 Å². The SMILES string of the molecule is COC(=O)C(NCCCN=[N+]=[N-])c1cccc(C)c1C. The Labute approximate surface area is 118 Å². The fourth-order valence-corrected chi connectivity index (χ4v) is 1.97. The van der Waals surface area contributed by atoms with Gasteiger partial charge in [-0.15, -0.1) is 0 Å². The van der Waals surface area contributed by atoms with Crippen LogP contribution < -0.4 is 5.32 Å². The number of methoxy groups -OCH3 is 1. The molecule has 0 radical (unpaired) electrons. The maximum atomic E-state index is 11.9. The number of carbonyl (C=O) groups is 1. The topological polar surface area (TPSA) is 87.1 Å². The van der Waals surface area contributed by atoms with Crippen LogP contribution in [0.2, 0.25) is 0 Å². The van der Waals surface area contributed by atoms with Crippen molar-refractivity contribution in [3.63, 3.8) is 0 Å². The molecule has 20 heavy (non-hydrogen) atoms. The second-order valence-corrected chi connectivity index (χ2v) is 4.51. The summed E-state index contributed by atoms with van der Waals surface area (Å²) in [4.78, 5) is 14.6. The lowest BCUT2D eigenvalue weighted by Gasteiger charge is -2.19. The van der Waals surface area contributed by atoms with Crippen molar-refractivity contribution in [3.8, 4) is 0 Å². The van der Waals surface area contributed by atoms with Crippen LogP contribution in [0.4, 0.5) is 0 Å². The van der Waals surface area contributed by atoms with E-state index >= 15 is 0 Å². The summed E-state index contributed by atoms with van der Waals surface area (Å²) in [5.74, 6) is -0.317. The van der Waals surface area contributed by atoms with Gasteiger partial charge in [0.1, 0.15) is 6.04 Å². The van der Waals surface area contributed by atoms with Crippen LogP contribution in [-0.2, 0) is 9.53 Å². The standard InChI is InChI=1S/C14H20N4O2/c1-10-6-4-7-12(11(10)2)13(14(19)20-3)16-8-5-9-17-18-15/h4,6-7,13,16H,5,8-9H2,1-3H3. The van der Waals surface area contributed by atoms with Crippen molar-refractivity contribution in [3.05, 3.63) is 45.3 Å². The summed E-state index contributed by atoms with van der Waals surface area (Å²) in [6.45, 7) is 4.98. The lowest BCUT2D eigenvalue weighted by Crippen LogP contribution is -2.31. The highest BCUT2D eigenvalue weighted by Gasteiger charge is 2.22. The number of hydrogen-bond acceptors (Lipinski definition) is 4. The summed E-state index contributed by atoms with van der Waals surface area (Å²) in [5, 5.41) is 6.62. The maximum Gasteiger partial charge on any atom is 0.327 e. The van der Waals surface area contributed by atoms with Gasteiger partial charge < -0.3 is 10.1 Å². The molecule has 1 aromatic carbocycles. The van der Waals surface area contributed by atoms with Crippen LogP contribution in [0, 0.1) is 13.8 Å². The smallest absolute Gasteiger partial charge is 0.327 e. The van der Waals surface area contributed by atoms with Crippen molar-refractivity contribution >= 4 is 5.97 Å². The van der Waals surface area contributed by atoms with Crippen molar-refractivity contribution in [2.24, 2.45) is 5.11 Å². The summed E-state index contributed by atoms with van der Waals surface area (Å²) in [7, 11) is 1.38. The minimum atomic E-state index is -0.494. The second-order valence-electron chi connectivity index (χ2n) is 4.51. The molecular weight excluding hydrogens is 256 g/mol. The quantitative estimate of drug-likeness (QED) is 0.273. The molecule has 1 atom stereocenters. The molecule has 0 aliphatic carbocycles. The largest absolute Gasteiger partial charge is 0.468 e. The van der Waals surface area contributed by atoms with E-state index in [1.165, 1.54) is 7.11 Å². The number of azide groups is 1. The molecule has 0 aromatic heterocycles. The number of hydrogen-bond donors (Lipinski definition) is 1. The Balaban J connectivity index is 2.81. The van der Waals surface area contributed by atoms with Crippen LogP contribution in [0.25, 0.3) is 10.4 Å². The fourth-order valence-electron chi connectivity index (χ4n) is 1.97. The highest BCUT2D eigenvalue weighted by molar-refractivity contribution is 5.78. The van der Waals surface area contributed by atoms with Crippen molar-refractivity contribution in [2.75, 3.05) is 20.2 Å². The summed E-state index contributed by atoms with van der Waals surface area (Å²) >= 11 is 0. The second kappa shape index (κ2) is 8.19. The molecule has 0 spiro atoms. The average molecular weight is 276 g/mol. The first-order chi connectivity index (χ1) is 9.61. The molecule has 0 saturated carbocycles. The molecule has 0 bridgehead atoms. The Morgan fingerprint density at radius 3 is 2.90 bits per heavy atom. The highest BCUT2D eigenvalue weighted by atomic mass is 16.5. The zero-order chi connectivity index (χ0) is 15.0. The van der Waals surface area contributed by atoms with Gasteiger partial charge in [-0.1, -0.05) is 23.3 Å². The lowest BCUT2D eigenvalue weighted by atomic mass is 9.97. The van der Waals surface area contributed by atoms with Gasteiger partial charge in [-0.3, -0.25) is 0 Å². The number of carbonyl (C=O) groups excluding carboxylic acids is 1. The van der Waals surface area contributed by atoms with E-state index in [2.05, 4.69) is 15.3 Å². The van der Waals surface area contributed by atoms with E-state index in [1.807, 2.05) is 32.0 Å². The first-order valence-corrected chi connectivity index (χ1v) is 6.50. The number of ether oxygens (including phenoxy) is 1. The minimum Gasteiger partial charge on any atom is -0.468 e. The number of nitrogens with zero attached hydrogens (tertiary/aromatic N) is 3. The predicted octanol–water partition coefficient (Wildman–Crippen LogP) is 2.81. The molecular formula is C14H20N4O2. The third-order valence-electron chi connectivity index (χ3n) is 3.24. The molecule has 0 amide bonds. The maximum absolute atomic E-state index is 11.9. The average Bonchev–Trinajstić information content (AvgIpc) is 2.46. The third kappa shape index (κ3) is 4.26. The number of nitrogens with one attached hydrogen (secondary N) is 1. The van der Waals surface area contributed by atoms with Gasteiger partial charge in [-0.05, 0) is 49.0 Å². The third-order valence-corrected chi connectivity index (χ3v) is 3.24. The minimum absolute atomic E-state index is 0.317. The normalized spacial score (nSPS) is 11.6. The molecule has 0 aliphatic heterocycles. The zero-order valence-corrected chi connectivity index (χ0v) is 12.1. The Bertz CT molecular complexity index is 510. The molecule has 1 unspecified atom stereocenters. The van der Waals surface area contributed by atoms with Gasteiger partial charge in [0.25, 0.3) is 0 Å². The van der Waals surface area contributed by atoms with Gasteiger partial charge in [0, 0.05) is 11.5 Å². The van der Waals surface area contributed by atoms with E-state index in [0.29, 0.717) is 19.5 Å². The highest BCUT2D eigenvalue weighted by Crippen LogP contribution is 2.21. The summed E-state index contributed by atoms with van der Waals surface area (Å²) in [6, 6.07) is 5.36. The molecule has 0 aliphatic rings. The first kappa shape index (κ1) is 16.0. The molecule has 0 heterocycles. The van der Waals surface area contributed by atoms with Gasteiger partial charge in [0.15, 0.2) is 0 Å². The van der Waals surface area contributed by atoms with Crippen molar-refractivity contribution < 1.29 is 9.53 Å². The van der Waals surface area contributed by atoms with Gasteiger partial charge in [-0.25, -0.2) is 4.79 Å². The van der Waals surface area contributed by atoms with Crippen LogP contribution in [0.3, 0.4) is 0 Å². The van der Waals surface area contributed by atoms with Crippen LogP contribution >= 0.6 is 0 Å². The van der Waals surface area contributed by atoms with Crippen LogP contribution in [0.5, 0.6) is 0 Å². The molecule has 1 aromatic rings. The molecule has 0 saturated heterocycles. The van der Waals surface area contributed by atoms with Crippen molar-refractivity contribution in [1.82, 2.24) is 5.32 Å².